The number of hydrogen-bond donors (Lipinski definition) is 3. The third kappa shape index (κ3) is 4.65. The standard InChI is InChI=1S/C16H17ClN2O3/c1-22-14-7-2-4-11(8-14)15(20)10-18-16(21)19-13-6-3-5-12(17)9-13/h2-9,15,20H,10H2,1H3,(H2,18,19,21). The van der Waals surface area contributed by atoms with Crippen molar-refractivity contribution in [3.63, 3.8) is 0 Å². The summed E-state index contributed by atoms with van der Waals surface area (Å²) in [5, 5.41) is 15.9. The zero-order valence-electron chi connectivity index (χ0n) is 12.0. The number of anilines is 1. The van der Waals surface area contributed by atoms with Crippen molar-refractivity contribution in [2.45, 2.75) is 6.10 Å². The number of carbonyl (C=O) groups is 1. The van der Waals surface area contributed by atoms with Gasteiger partial charge >= 0.3 is 6.03 Å². The van der Waals surface area contributed by atoms with Crippen LogP contribution in [0.5, 0.6) is 5.75 Å². The van der Waals surface area contributed by atoms with E-state index < -0.39 is 12.1 Å². The van der Waals surface area contributed by atoms with Gasteiger partial charge in [0.05, 0.1) is 13.2 Å². The Labute approximate surface area is 133 Å². The molecule has 116 valence electrons. The van der Waals surface area contributed by atoms with E-state index in [1.165, 1.54) is 0 Å². The highest BCUT2D eigenvalue weighted by Gasteiger charge is 2.10. The molecule has 2 aromatic rings. The average molecular weight is 321 g/mol. The summed E-state index contributed by atoms with van der Waals surface area (Å²) < 4.78 is 5.10. The second kappa shape index (κ2) is 7.68. The quantitative estimate of drug-likeness (QED) is 0.792. The van der Waals surface area contributed by atoms with Gasteiger partial charge < -0.3 is 20.5 Å². The van der Waals surface area contributed by atoms with E-state index >= 15 is 0 Å². The van der Waals surface area contributed by atoms with Gasteiger partial charge in [-0.15, -0.1) is 0 Å². The van der Waals surface area contributed by atoms with E-state index in [0.717, 1.165) is 0 Å². The zero-order valence-corrected chi connectivity index (χ0v) is 12.8. The Kier molecular flexibility index (Phi) is 5.63. The number of aliphatic hydroxyl groups excluding tert-OH is 1. The molecule has 3 N–H and O–H groups in total. The summed E-state index contributed by atoms with van der Waals surface area (Å²) in [4.78, 5) is 11.8. The minimum absolute atomic E-state index is 0.0829. The number of rotatable bonds is 5. The molecule has 0 fully saturated rings. The van der Waals surface area contributed by atoms with E-state index in [4.69, 9.17) is 16.3 Å². The highest BCUT2D eigenvalue weighted by Crippen LogP contribution is 2.18. The molecule has 2 amide bonds. The molecular formula is C16H17ClN2O3. The van der Waals surface area contributed by atoms with E-state index in [2.05, 4.69) is 10.6 Å². The van der Waals surface area contributed by atoms with Crippen molar-refractivity contribution >= 4 is 23.3 Å². The van der Waals surface area contributed by atoms with Gasteiger partial charge in [0.25, 0.3) is 0 Å². The van der Waals surface area contributed by atoms with Crippen molar-refractivity contribution in [2.24, 2.45) is 0 Å². The van der Waals surface area contributed by atoms with Crippen LogP contribution in [0.4, 0.5) is 10.5 Å². The lowest BCUT2D eigenvalue weighted by atomic mass is 10.1. The normalized spacial score (nSPS) is 11.6. The predicted octanol–water partition coefficient (Wildman–Crippen LogP) is 3.20. The van der Waals surface area contributed by atoms with Gasteiger partial charge in [0.1, 0.15) is 5.75 Å². The summed E-state index contributed by atoms with van der Waals surface area (Å²) in [6.45, 7) is 0.0829. The molecule has 1 atom stereocenters. The number of methoxy groups -OCH3 is 1. The van der Waals surface area contributed by atoms with Crippen LogP contribution in [0.25, 0.3) is 0 Å². The molecule has 0 aromatic heterocycles. The third-order valence-corrected chi connectivity index (χ3v) is 3.25. The fourth-order valence-electron chi connectivity index (χ4n) is 1.90. The van der Waals surface area contributed by atoms with Crippen LogP contribution in [-0.4, -0.2) is 24.8 Å². The van der Waals surface area contributed by atoms with Crippen molar-refractivity contribution < 1.29 is 14.6 Å². The van der Waals surface area contributed by atoms with Gasteiger partial charge in [-0.05, 0) is 35.9 Å². The Bertz CT molecular complexity index is 649. The molecule has 6 heteroatoms. The number of halogens is 1. The second-order valence-corrected chi connectivity index (χ2v) is 5.07. The van der Waals surface area contributed by atoms with Crippen LogP contribution < -0.4 is 15.4 Å². The van der Waals surface area contributed by atoms with E-state index in [9.17, 15) is 9.90 Å². The number of amides is 2. The molecule has 0 aliphatic rings. The molecule has 1 unspecified atom stereocenters. The van der Waals surface area contributed by atoms with E-state index in [1.54, 1.807) is 55.6 Å². The molecule has 0 spiro atoms. The van der Waals surface area contributed by atoms with Crippen LogP contribution in [0, 0.1) is 0 Å². The van der Waals surface area contributed by atoms with Gasteiger partial charge in [0.15, 0.2) is 0 Å². The van der Waals surface area contributed by atoms with Gasteiger partial charge in [-0.1, -0.05) is 29.8 Å². The Morgan fingerprint density at radius 3 is 2.77 bits per heavy atom. The van der Waals surface area contributed by atoms with Crippen LogP contribution in [0.3, 0.4) is 0 Å². The summed E-state index contributed by atoms with van der Waals surface area (Å²) in [6, 6.07) is 13.5. The summed E-state index contributed by atoms with van der Waals surface area (Å²) >= 11 is 5.84. The minimum atomic E-state index is -0.819. The fourth-order valence-corrected chi connectivity index (χ4v) is 2.09. The molecule has 0 heterocycles. The summed E-state index contributed by atoms with van der Waals surface area (Å²) in [5.41, 5.74) is 1.25. The zero-order chi connectivity index (χ0) is 15.9. The minimum Gasteiger partial charge on any atom is -0.497 e. The maximum atomic E-state index is 11.8. The summed E-state index contributed by atoms with van der Waals surface area (Å²) in [7, 11) is 1.56. The maximum Gasteiger partial charge on any atom is 0.319 e. The first-order valence-corrected chi connectivity index (χ1v) is 7.08. The van der Waals surface area contributed by atoms with E-state index in [0.29, 0.717) is 22.0 Å². The molecule has 0 saturated heterocycles. The highest BCUT2D eigenvalue weighted by molar-refractivity contribution is 6.30. The first-order chi connectivity index (χ1) is 10.6. The largest absolute Gasteiger partial charge is 0.497 e. The number of benzene rings is 2. The molecule has 0 radical (unpaired) electrons. The number of urea groups is 1. The molecular weight excluding hydrogens is 304 g/mol. The van der Waals surface area contributed by atoms with Gasteiger partial charge in [-0.2, -0.15) is 0 Å². The van der Waals surface area contributed by atoms with Crippen molar-refractivity contribution in [2.75, 3.05) is 19.0 Å². The maximum absolute atomic E-state index is 11.8. The average Bonchev–Trinajstić information content (AvgIpc) is 2.52. The highest BCUT2D eigenvalue weighted by atomic mass is 35.5. The Morgan fingerprint density at radius 1 is 1.27 bits per heavy atom. The second-order valence-electron chi connectivity index (χ2n) is 4.64. The molecule has 5 nitrogen and oxygen atoms in total. The SMILES string of the molecule is COc1cccc(C(O)CNC(=O)Nc2cccc(Cl)c2)c1. The Hall–Kier alpha value is -2.24. The monoisotopic (exact) mass is 320 g/mol. The van der Waals surface area contributed by atoms with Crippen molar-refractivity contribution in [1.29, 1.82) is 0 Å². The topological polar surface area (TPSA) is 70.6 Å². The molecule has 22 heavy (non-hydrogen) atoms. The lowest BCUT2D eigenvalue weighted by molar-refractivity contribution is 0.175. The number of ether oxygens (including phenoxy) is 1. The van der Waals surface area contributed by atoms with Crippen LogP contribution in [0.2, 0.25) is 5.02 Å². The summed E-state index contributed by atoms with van der Waals surface area (Å²) in [5.74, 6) is 0.653. The van der Waals surface area contributed by atoms with Gasteiger partial charge in [-0.3, -0.25) is 0 Å². The Balaban J connectivity index is 1.87. The molecule has 0 aliphatic carbocycles. The lowest BCUT2D eigenvalue weighted by Crippen LogP contribution is -2.32. The van der Waals surface area contributed by atoms with Gasteiger partial charge in [-0.25, -0.2) is 4.79 Å². The molecule has 2 rings (SSSR count). The Morgan fingerprint density at radius 2 is 2.05 bits per heavy atom. The lowest BCUT2D eigenvalue weighted by Gasteiger charge is -2.14. The molecule has 0 saturated carbocycles. The number of nitrogens with one attached hydrogen (secondary N) is 2. The van der Waals surface area contributed by atoms with Crippen LogP contribution in [0.1, 0.15) is 11.7 Å². The number of carbonyl (C=O) groups excluding carboxylic acids is 1. The van der Waals surface area contributed by atoms with Crippen LogP contribution >= 0.6 is 11.6 Å². The van der Waals surface area contributed by atoms with Crippen molar-refractivity contribution in [1.82, 2.24) is 5.32 Å². The first kappa shape index (κ1) is 16.1. The molecule has 2 aromatic carbocycles. The van der Waals surface area contributed by atoms with Crippen LogP contribution in [0.15, 0.2) is 48.5 Å². The van der Waals surface area contributed by atoms with Gasteiger partial charge in [0, 0.05) is 17.3 Å². The van der Waals surface area contributed by atoms with Crippen LogP contribution in [-0.2, 0) is 0 Å². The van der Waals surface area contributed by atoms with E-state index in [1.807, 2.05) is 0 Å². The smallest absolute Gasteiger partial charge is 0.319 e. The first-order valence-electron chi connectivity index (χ1n) is 6.71. The van der Waals surface area contributed by atoms with E-state index in [-0.39, 0.29) is 6.54 Å². The third-order valence-electron chi connectivity index (χ3n) is 3.02. The number of hydrogen-bond acceptors (Lipinski definition) is 3. The summed E-state index contributed by atoms with van der Waals surface area (Å²) in [6.07, 6.45) is -0.819. The van der Waals surface area contributed by atoms with Crippen molar-refractivity contribution in [3.8, 4) is 5.75 Å². The fraction of sp³-hybridized carbons (Fsp3) is 0.188. The molecule has 0 aliphatic heterocycles. The molecule has 0 bridgehead atoms. The van der Waals surface area contributed by atoms with Crippen molar-refractivity contribution in [3.05, 3.63) is 59.1 Å². The number of aliphatic hydroxyl groups is 1. The predicted molar refractivity (Wildman–Crippen MR) is 86.4 cm³/mol. The van der Waals surface area contributed by atoms with Gasteiger partial charge in [0.2, 0.25) is 0 Å².